The fourth-order valence-corrected chi connectivity index (χ4v) is 1.35. The van der Waals surface area contributed by atoms with Crippen molar-refractivity contribution in [2.24, 2.45) is 0 Å². The third kappa shape index (κ3) is 20.1. The van der Waals surface area contributed by atoms with E-state index in [1.165, 1.54) is 0 Å². The van der Waals surface area contributed by atoms with Crippen LogP contribution in [0.5, 0.6) is 0 Å². The van der Waals surface area contributed by atoms with Crippen molar-refractivity contribution in [2.75, 3.05) is 71.4 Å². The van der Waals surface area contributed by atoms with Crippen LogP contribution in [0.1, 0.15) is 0 Å². The molecule has 0 bridgehead atoms. The van der Waals surface area contributed by atoms with Gasteiger partial charge in [-0.05, 0) is 0 Å². The van der Waals surface area contributed by atoms with E-state index >= 15 is 0 Å². The quantitative estimate of drug-likeness (QED) is 0.320. The third-order valence-corrected chi connectivity index (χ3v) is 2.30. The second-order valence-electron chi connectivity index (χ2n) is 3.81. The first-order valence-corrected chi connectivity index (χ1v) is 7.70. The van der Waals surface area contributed by atoms with Gasteiger partial charge in [0.05, 0.1) is 59.5 Å². The van der Waals surface area contributed by atoms with Gasteiger partial charge < -0.3 is 23.7 Å². The maximum Gasteiger partial charge on any atom is 0.411 e. The maximum atomic E-state index is 11.7. The molecule has 0 fully saturated rings. The molecule has 128 valence electrons. The van der Waals surface area contributed by atoms with Crippen LogP contribution in [-0.4, -0.2) is 77.6 Å². The first-order chi connectivity index (χ1) is 10.1. The van der Waals surface area contributed by atoms with Crippen LogP contribution in [0.15, 0.2) is 0 Å². The lowest BCUT2D eigenvalue weighted by Crippen LogP contribution is -2.19. The molecular formula is C12H22BrF3O5. The highest BCUT2D eigenvalue weighted by Crippen LogP contribution is 2.13. The van der Waals surface area contributed by atoms with Crippen LogP contribution in [0, 0.1) is 0 Å². The fraction of sp³-hybridized carbons (Fsp3) is 1.00. The normalized spacial score (nSPS) is 12.0. The van der Waals surface area contributed by atoms with Gasteiger partial charge in [-0.2, -0.15) is 13.2 Å². The summed E-state index contributed by atoms with van der Waals surface area (Å²) in [5.41, 5.74) is 0. The average molecular weight is 383 g/mol. The van der Waals surface area contributed by atoms with Gasteiger partial charge in [0.2, 0.25) is 0 Å². The molecule has 0 aliphatic carbocycles. The van der Waals surface area contributed by atoms with E-state index in [0.717, 1.165) is 5.33 Å². The summed E-state index contributed by atoms with van der Waals surface area (Å²) in [5.74, 6) is 0. The molecule has 0 spiro atoms. The first-order valence-electron chi connectivity index (χ1n) is 6.57. The molecule has 5 nitrogen and oxygen atoms in total. The van der Waals surface area contributed by atoms with E-state index in [2.05, 4.69) is 20.7 Å². The zero-order chi connectivity index (χ0) is 15.8. The highest BCUT2D eigenvalue weighted by Gasteiger charge is 2.27. The first kappa shape index (κ1) is 21.1. The molecule has 0 atom stereocenters. The summed E-state index contributed by atoms with van der Waals surface area (Å²) < 4.78 is 60.2. The van der Waals surface area contributed by atoms with Crippen LogP contribution >= 0.6 is 15.9 Å². The van der Waals surface area contributed by atoms with Crippen LogP contribution in [0.25, 0.3) is 0 Å². The van der Waals surface area contributed by atoms with E-state index in [-0.39, 0.29) is 13.2 Å². The van der Waals surface area contributed by atoms with Crippen molar-refractivity contribution in [1.82, 2.24) is 0 Å². The SMILES string of the molecule is FC(F)(F)COCCOCCOCCOCCOCCBr. The van der Waals surface area contributed by atoms with Gasteiger partial charge in [-0.15, -0.1) is 0 Å². The topological polar surface area (TPSA) is 46.2 Å². The van der Waals surface area contributed by atoms with Crippen LogP contribution < -0.4 is 0 Å². The molecule has 0 amide bonds. The van der Waals surface area contributed by atoms with Gasteiger partial charge >= 0.3 is 6.18 Å². The van der Waals surface area contributed by atoms with Crippen LogP contribution in [-0.2, 0) is 23.7 Å². The molecule has 0 aromatic rings. The van der Waals surface area contributed by atoms with Crippen molar-refractivity contribution in [2.45, 2.75) is 6.18 Å². The van der Waals surface area contributed by atoms with E-state index in [1.807, 2.05) is 0 Å². The molecule has 0 saturated heterocycles. The molecule has 0 heterocycles. The molecule has 0 rings (SSSR count). The van der Waals surface area contributed by atoms with Crippen molar-refractivity contribution in [3.05, 3.63) is 0 Å². The van der Waals surface area contributed by atoms with Gasteiger partial charge in [0.15, 0.2) is 0 Å². The fourth-order valence-electron chi connectivity index (χ4n) is 1.12. The van der Waals surface area contributed by atoms with Crippen LogP contribution in [0.3, 0.4) is 0 Å². The van der Waals surface area contributed by atoms with Crippen molar-refractivity contribution < 1.29 is 36.9 Å². The second kappa shape index (κ2) is 15.0. The average Bonchev–Trinajstić information content (AvgIpc) is 2.42. The molecule has 0 aromatic heterocycles. The summed E-state index contributed by atoms with van der Waals surface area (Å²) in [5, 5.41) is 0.803. The van der Waals surface area contributed by atoms with Gasteiger partial charge in [-0.3, -0.25) is 0 Å². The second-order valence-corrected chi connectivity index (χ2v) is 4.60. The number of hydrogen-bond acceptors (Lipinski definition) is 5. The lowest BCUT2D eigenvalue weighted by atomic mass is 10.6. The maximum absolute atomic E-state index is 11.7. The molecule has 0 aliphatic heterocycles. The summed E-state index contributed by atoms with van der Waals surface area (Å²) in [6.07, 6.45) is -4.29. The van der Waals surface area contributed by atoms with E-state index in [4.69, 9.17) is 18.9 Å². The predicted molar refractivity (Wildman–Crippen MR) is 73.9 cm³/mol. The Morgan fingerprint density at radius 1 is 0.571 bits per heavy atom. The van der Waals surface area contributed by atoms with Gasteiger partial charge in [0, 0.05) is 5.33 Å². The Morgan fingerprint density at radius 2 is 0.905 bits per heavy atom. The van der Waals surface area contributed by atoms with Crippen molar-refractivity contribution >= 4 is 15.9 Å². The number of rotatable bonds is 15. The third-order valence-electron chi connectivity index (χ3n) is 1.98. The summed E-state index contributed by atoms with van der Waals surface area (Å²) in [6, 6.07) is 0. The smallest absolute Gasteiger partial charge is 0.378 e. The Morgan fingerprint density at radius 3 is 1.24 bits per heavy atom. The van der Waals surface area contributed by atoms with Gasteiger partial charge in [-0.25, -0.2) is 0 Å². The highest BCUT2D eigenvalue weighted by molar-refractivity contribution is 9.09. The van der Waals surface area contributed by atoms with Crippen molar-refractivity contribution in [1.29, 1.82) is 0 Å². The van der Waals surface area contributed by atoms with E-state index in [1.54, 1.807) is 0 Å². The number of halogens is 4. The predicted octanol–water partition coefficient (Wildman–Crippen LogP) is 2.03. The molecule has 0 aliphatic rings. The Hall–Kier alpha value is 0.0700. The molecule has 0 unspecified atom stereocenters. The monoisotopic (exact) mass is 382 g/mol. The zero-order valence-corrected chi connectivity index (χ0v) is 13.4. The Bertz CT molecular complexity index is 220. The van der Waals surface area contributed by atoms with E-state index in [9.17, 15) is 13.2 Å². The minimum absolute atomic E-state index is 0.0863. The summed E-state index contributed by atoms with van der Waals surface area (Å²) in [7, 11) is 0. The van der Waals surface area contributed by atoms with Gasteiger partial charge in [-0.1, -0.05) is 15.9 Å². The Balaban J connectivity index is 3.00. The molecular weight excluding hydrogens is 361 g/mol. The van der Waals surface area contributed by atoms with Crippen molar-refractivity contribution in [3.63, 3.8) is 0 Å². The number of ether oxygens (including phenoxy) is 5. The molecule has 21 heavy (non-hydrogen) atoms. The Kier molecular flexibility index (Phi) is 15.0. The largest absolute Gasteiger partial charge is 0.411 e. The Labute approximate surface area is 131 Å². The van der Waals surface area contributed by atoms with E-state index < -0.39 is 12.8 Å². The number of alkyl halides is 4. The molecule has 9 heteroatoms. The van der Waals surface area contributed by atoms with Crippen LogP contribution in [0.2, 0.25) is 0 Å². The summed E-state index contributed by atoms with van der Waals surface area (Å²) >= 11 is 3.24. The number of hydrogen-bond donors (Lipinski definition) is 0. The highest BCUT2D eigenvalue weighted by atomic mass is 79.9. The minimum Gasteiger partial charge on any atom is -0.378 e. The molecule has 0 radical (unpaired) electrons. The molecule has 0 N–H and O–H groups in total. The summed E-state index contributed by atoms with van der Waals surface area (Å²) in [6.45, 7) is 2.08. The molecule has 0 aromatic carbocycles. The standard InChI is InChI=1S/C12H22BrF3O5/c13-1-2-17-3-4-18-5-6-19-7-8-20-9-10-21-11-12(14,15)16/h1-11H2. The zero-order valence-electron chi connectivity index (χ0n) is 11.8. The summed E-state index contributed by atoms with van der Waals surface area (Å²) in [4.78, 5) is 0. The molecule has 0 saturated carbocycles. The van der Waals surface area contributed by atoms with Crippen molar-refractivity contribution in [3.8, 4) is 0 Å². The lowest BCUT2D eigenvalue weighted by Gasteiger charge is -2.08. The van der Waals surface area contributed by atoms with E-state index in [0.29, 0.717) is 46.2 Å². The van der Waals surface area contributed by atoms with Gasteiger partial charge in [0.1, 0.15) is 6.61 Å². The lowest BCUT2D eigenvalue weighted by molar-refractivity contribution is -0.176. The van der Waals surface area contributed by atoms with Crippen LogP contribution in [0.4, 0.5) is 13.2 Å². The van der Waals surface area contributed by atoms with Gasteiger partial charge in [0.25, 0.3) is 0 Å². The minimum atomic E-state index is -4.29.